The summed E-state index contributed by atoms with van der Waals surface area (Å²) >= 11 is 0. The van der Waals surface area contributed by atoms with Crippen molar-refractivity contribution in [1.29, 1.82) is 0 Å². The number of hydrogen-bond acceptors (Lipinski definition) is 3. The monoisotopic (exact) mass is 387 g/mol. The van der Waals surface area contributed by atoms with Gasteiger partial charge in [0.15, 0.2) is 5.65 Å². The molecule has 2 aromatic heterocycles. The van der Waals surface area contributed by atoms with Crippen LogP contribution in [0.25, 0.3) is 21.9 Å². The summed E-state index contributed by atoms with van der Waals surface area (Å²) in [6.45, 7) is 1.71. The van der Waals surface area contributed by atoms with Crippen LogP contribution in [0.5, 0.6) is 0 Å². The maximum Gasteiger partial charge on any atom is 0.458 e. The van der Waals surface area contributed by atoms with Crippen molar-refractivity contribution in [2.24, 2.45) is 14.1 Å². The Morgan fingerprint density at radius 2 is 1.67 bits per heavy atom. The Morgan fingerprint density at radius 3 is 2.22 bits per heavy atom. The summed E-state index contributed by atoms with van der Waals surface area (Å²) in [6, 6.07) is 4.00. The molecule has 5 nitrogen and oxygen atoms in total. The Balaban J connectivity index is 2.73. The highest BCUT2D eigenvalue weighted by atomic mass is 19.4. The van der Waals surface area contributed by atoms with E-state index >= 15 is 0 Å². The summed E-state index contributed by atoms with van der Waals surface area (Å²) in [4.78, 5) is 28.6. The zero-order valence-electron chi connectivity index (χ0n) is 14.5. The van der Waals surface area contributed by atoms with Crippen molar-refractivity contribution >= 4 is 21.9 Å². The lowest BCUT2D eigenvalue weighted by Gasteiger charge is -2.23. The average Bonchev–Trinajstić information content (AvgIpc) is 2.61. The van der Waals surface area contributed by atoms with Crippen LogP contribution in [0.2, 0.25) is 0 Å². The molecule has 1 aromatic carbocycles. The van der Waals surface area contributed by atoms with Gasteiger partial charge in [-0.2, -0.15) is 22.0 Å². The highest BCUT2D eigenvalue weighted by Gasteiger charge is 2.60. The van der Waals surface area contributed by atoms with Gasteiger partial charge in [0.1, 0.15) is 0 Å². The number of aromatic nitrogens is 3. The second-order valence-corrected chi connectivity index (χ2v) is 6.17. The predicted molar refractivity (Wildman–Crippen MR) is 89.1 cm³/mol. The number of alkyl halides is 5. The second-order valence-electron chi connectivity index (χ2n) is 6.17. The normalized spacial score (nSPS) is 12.9. The molecule has 0 spiro atoms. The second kappa shape index (κ2) is 5.86. The number of aryl methyl sites for hydroxylation is 2. The van der Waals surface area contributed by atoms with E-state index in [4.69, 9.17) is 0 Å². The molecule has 0 radical (unpaired) electrons. The molecule has 144 valence electrons. The molecule has 0 saturated carbocycles. The van der Waals surface area contributed by atoms with E-state index in [9.17, 15) is 31.5 Å². The van der Waals surface area contributed by atoms with Gasteiger partial charge in [-0.05, 0) is 24.1 Å². The summed E-state index contributed by atoms with van der Waals surface area (Å²) < 4.78 is 70.0. The van der Waals surface area contributed by atoms with E-state index in [1.165, 1.54) is 18.2 Å². The van der Waals surface area contributed by atoms with E-state index in [2.05, 4.69) is 4.98 Å². The molecule has 0 fully saturated rings. The number of pyridine rings is 1. The molecule has 0 aliphatic rings. The molecule has 3 aromatic rings. The molecule has 0 atom stereocenters. The van der Waals surface area contributed by atoms with E-state index in [0.29, 0.717) is 16.6 Å². The van der Waals surface area contributed by atoms with Gasteiger partial charge in [0.2, 0.25) is 0 Å². The Bertz CT molecular complexity index is 1190. The van der Waals surface area contributed by atoms with E-state index < -0.39 is 45.3 Å². The summed E-state index contributed by atoms with van der Waals surface area (Å²) in [5.41, 5.74) is -3.82. The number of benzene rings is 1. The summed E-state index contributed by atoms with van der Waals surface area (Å²) in [5, 5.41) is -1.40. The first kappa shape index (κ1) is 19.0. The van der Waals surface area contributed by atoms with Crippen LogP contribution in [0.4, 0.5) is 22.0 Å². The van der Waals surface area contributed by atoms with Gasteiger partial charge in [0.05, 0.1) is 16.5 Å². The minimum atomic E-state index is -5.93. The van der Waals surface area contributed by atoms with E-state index in [1.807, 2.05) is 0 Å². The quantitative estimate of drug-likeness (QED) is 0.502. The number of halogens is 5. The number of nitrogens with zero attached hydrogens (tertiary/aromatic N) is 3. The van der Waals surface area contributed by atoms with Gasteiger partial charge in [-0.1, -0.05) is 13.0 Å². The predicted octanol–water partition coefficient (Wildman–Crippen LogP) is 3.00. The Morgan fingerprint density at radius 1 is 1.04 bits per heavy atom. The minimum Gasteiger partial charge on any atom is -0.280 e. The standard InChI is InChI=1S/C17H14F5N3O2/c1-4-8-5-6-10-9(7-8)12(16(18,19)17(20,21)22)11-13(23-10)24(2)15(27)25(3)14(11)26/h5-7H,4H2,1-3H3. The van der Waals surface area contributed by atoms with Crippen molar-refractivity contribution in [2.75, 3.05) is 0 Å². The number of hydrogen-bond donors (Lipinski definition) is 0. The van der Waals surface area contributed by atoms with Gasteiger partial charge >= 0.3 is 17.8 Å². The van der Waals surface area contributed by atoms with Crippen molar-refractivity contribution in [1.82, 2.24) is 14.1 Å². The van der Waals surface area contributed by atoms with Crippen molar-refractivity contribution in [2.45, 2.75) is 25.4 Å². The van der Waals surface area contributed by atoms with Crippen molar-refractivity contribution < 1.29 is 22.0 Å². The van der Waals surface area contributed by atoms with Crippen LogP contribution < -0.4 is 11.2 Å². The molecular formula is C17H14F5N3O2. The molecule has 0 saturated heterocycles. The number of fused-ring (bicyclic) bond motifs is 2. The third-order valence-corrected chi connectivity index (χ3v) is 4.52. The number of rotatable bonds is 2. The fourth-order valence-electron chi connectivity index (χ4n) is 3.00. The third-order valence-electron chi connectivity index (χ3n) is 4.52. The van der Waals surface area contributed by atoms with E-state index in [-0.39, 0.29) is 5.52 Å². The fourth-order valence-corrected chi connectivity index (χ4v) is 3.00. The third kappa shape index (κ3) is 2.62. The molecular weight excluding hydrogens is 373 g/mol. The van der Waals surface area contributed by atoms with E-state index in [0.717, 1.165) is 18.7 Å². The Labute approximate surface area is 148 Å². The van der Waals surface area contributed by atoms with Gasteiger partial charge in [0, 0.05) is 19.5 Å². The Kier molecular flexibility index (Phi) is 4.12. The van der Waals surface area contributed by atoms with Crippen LogP contribution in [0.1, 0.15) is 18.1 Å². The molecule has 0 N–H and O–H groups in total. The zero-order chi connectivity index (χ0) is 20.3. The maximum absolute atomic E-state index is 14.5. The molecule has 0 aliphatic carbocycles. The van der Waals surface area contributed by atoms with Gasteiger partial charge in [-0.15, -0.1) is 0 Å². The fraction of sp³-hybridized carbons (Fsp3) is 0.353. The van der Waals surface area contributed by atoms with Crippen LogP contribution in [-0.4, -0.2) is 20.3 Å². The molecule has 0 bridgehead atoms. The van der Waals surface area contributed by atoms with E-state index in [1.54, 1.807) is 6.92 Å². The van der Waals surface area contributed by atoms with Crippen LogP contribution >= 0.6 is 0 Å². The lowest BCUT2D eigenvalue weighted by atomic mass is 9.97. The SMILES string of the molecule is CCc1ccc2nc3c(c(C(F)(F)C(F)(F)F)c2c1)c(=O)n(C)c(=O)n3C. The van der Waals surface area contributed by atoms with Gasteiger partial charge < -0.3 is 0 Å². The van der Waals surface area contributed by atoms with Crippen LogP contribution in [0.15, 0.2) is 27.8 Å². The molecule has 0 amide bonds. The van der Waals surface area contributed by atoms with Crippen LogP contribution in [-0.2, 0) is 26.4 Å². The van der Waals surface area contributed by atoms with Gasteiger partial charge in [-0.3, -0.25) is 13.9 Å². The molecule has 3 rings (SSSR count). The smallest absolute Gasteiger partial charge is 0.280 e. The summed E-state index contributed by atoms with van der Waals surface area (Å²) in [7, 11) is 2.16. The zero-order valence-corrected chi connectivity index (χ0v) is 14.5. The summed E-state index contributed by atoms with van der Waals surface area (Å²) in [6.07, 6.45) is -5.55. The maximum atomic E-state index is 14.5. The van der Waals surface area contributed by atoms with Gasteiger partial charge in [-0.25, -0.2) is 9.78 Å². The topological polar surface area (TPSA) is 56.9 Å². The van der Waals surface area contributed by atoms with Crippen molar-refractivity contribution in [3.05, 3.63) is 50.2 Å². The average molecular weight is 387 g/mol. The lowest BCUT2D eigenvalue weighted by molar-refractivity contribution is -0.288. The molecule has 0 unspecified atom stereocenters. The molecule has 27 heavy (non-hydrogen) atoms. The first-order chi connectivity index (χ1) is 12.4. The molecule has 0 aliphatic heterocycles. The highest BCUT2D eigenvalue weighted by molar-refractivity contribution is 5.97. The van der Waals surface area contributed by atoms with Crippen molar-refractivity contribution in [3.8, 4) is 0 Å². The van der Waals surface area contributed by atoms with Crippen LogP contribution in [0.3, 0.4) is 0 Å². The Hall–Kier alpha value is -2.78. The largest absolute Gasteiger partial charge is 0.458 e. The lowest BCUT2D eigenvalue weighted by Crippen LogP contribution is -2.40. The summed E-state index contributed by atoms with van der Waals surface area (Å²) in [5.74, 6) is -5.32. The first-order valence-electron chi connectivity index (χ1n) is 7.89. The van der Waals surface area contributed by atoms with Crippen LogP contribution in [0, 0.1) is 0 Å². The first-order valence-corrected chi connectivity index (χ1v) is 7.89. The molecule has 2 heterocycles. The highest BCUT2D eigenvalue weighted by Crippen LogP contribution is 2.47. The van der Waals surface area contributed by atoms with Crippen molar-refractivity contribution in [3.63, 3.8) is 0 Å². The molecule has 10 heteroatoms. The van der Waals surface area contributed by atoms with Gasteiger partial charge in [0.25, 0.3) is 5.56 Å². The minimum absolute atomic E-state index is 0.165.